The number of carboxylic acid groups (broad SMARTS) is 1. The SMILES string of the molecule is C=CC(=O)O.C=CC([O-])=NC(C)(C)CS(=O)(=O)[O-].O=S(O)O.[Na+].[Na+]. The number of nitrogens with zero attached hydrogens (tertiary/aromatic N) is 1. The van der Waals surface area contributed by atoms with Gasteiger partial charge in [-0.2, -0.15) is 4.21 Å². The minimum atomic E-state index is -4.37. The number of hydrogen-bond acceptors (Lipinski definition) is 7. The van der Waals surface area contributed by atoms with Crippen LogP contribution in [0.1, 0.15) is 13.8 Å². The first-order valence-corrected chi connectivity index (χ1v) is 7.79. The molecule has 0 aliphatic rings. The van der Waals surface area contributed by atoms with Gasteiger partial charge in [0.15, 0.2) is 0 Å². The predicted molar refractivity (Wildman–Crippen MR) is 77.5 cm³/mol. The smallest absolute Gasteiger partial charge is 0.859 e. The van der Waals surface area contributed by atoms with Crippen LogP contribution in [-0.2, 0) is 26.3 Å². The zero-order valence-electron chi connectivity index (χ0n) is 13.8. The van der Waals surface area contributed by atoms with E-state index in [1.54, 1.807) is 0 Å². The van der Waals surface area contributed by atoms with Crippen molar-refractivity contribution < 1.29 is 100 Å². The molecule has 0 aromatic rings. The van der Waals surface area contributed by atoms with Crippen LogP contribution in [0.5, 0.6) is 0 Å². The van der Waals surface area contributed by atoms with Gasteiger partial charge in [-0.15, -0.1) is 0 Å². The molecule has 3 N–H and O–H groups in total. The summed E-state index contributed by atoms with van der Waals surface area (Å²) in [5.41, 5.74) is -1.19. The predicted octanol–water partition coefficient (Wildman–Crippen LogP) is -6.80. The van der Waals surface area contributed by atoms with E-state index in [-0.39, 0.29) is 59.1 Å². The van der Waals surface area contributed by atoms with Crippen LogP contribution in [0.15, 0.2) is 30.3 Å². The van der Waals surface area contributed by atoms with E-state index >= 15 is 0 Å². The molecule has 130 valence electrons. The normalized spacial score (nSPS) is 10.5. The van der Waals surface area contributed by atoms with Gasteiger partial charge in [0.25, 0.3) is 11.4 Å². The Morgan fingerprint density at radius 2 is 1.54 bits per heavy atom. The van der Waals surface area contributed by atoms with Crippen molar-refractivity contribution in [3.63, 3.8) is 0 Å². The molecule has 0 amide bonds. The van der Waals surface area contributed by atoms with Crippen LogP contribution in [0.3, 0.4) is 0 Å². The zero-order valence-corrected chi connectivity index (χ0v) is 19.5. The monoisotopic (exact) mass is 405 g/mol. The fourth-order valence-corrected chi connectivity index (χ4v) is 1.74. The van der Waals surface area contributed by atoms with Gasteiger partial charge in [0, 0.05) is 6.08 Å². The number of hydrogen-bond donors (Lipinski definition) is 3. The third-order valence-corrected chi connectivity index (χ3v) is 2.35. The zero-order chi connectivity index (χ0) is 18.6. The molecule has 0 saturated carbocycles. The van der Waals surface area contributed by atoms with E-state index < -0.39 is 44.6 Å². The van der Waals surface area contributed by atoms with E-state index in [4.69, 9.17) is 18.4 Å². The van der Waals surface area contributed by atoms with E-state index in [2.05, 4.69) is 18.2 Å². The third-order valence-electron chi connectivity index (χ3n) is 1.29. The molecule has 0 rings (SSSR count). The Morgan fingerprint density at radius 3 is 1.71 bits per heavy atom. The topological polar surface area (TPSA) is 187 Å². The molecular formula is C10H17NNa2O9S2. The van der Waals surface area contributed by atoms with Gasteiger partial charge in [0.2, 0.25) is 0 Å². The molecule has 0 aliphatic carbocycles. The van der Waals surface area contributed by atoms with Crippen molar-refractivity contribution in [3.8, 4) is 0 Å². The fraction of sp³-hybridized carbons (Fsp3) is 0.400. The van der Waals surface area contributed by atoms with Crippen molar-refractivity contribution in [2.75, 3.05) is 5.75 Å². The van der Waals surface area contributed by atoms with Crippen LogP contribution >= 0.6 is 0 Å². The van der Waals surface area contributed by atoms with Gasteiger partial charge in [0.05, 0.1) is 21.4 Å². The summed E-state index contributed by atoms with van der Waals surface area (Å²) in [6.07, 6.45) is 1.79. The molecule has 14 heteroatoms. The minimum absolute atomic E-state index is 0. The Balaban J connectivity index is -0.0000000919. The van der Waals surface area contributed by atoms with Gasteiger partial charge >= 0.3 is 65.1 Å². The molecule has 0 fully saturated rings. The first-order chi connectivity index (χ1) is 9.66. The Bertz CT molecular complexity index is 528. The molecule has 0 heterocycles. The molecule has 0 aromatic heterocycles. The summed E-state index contributed by atoms with van der Waals surface area (Å²) < 4.78 is 53.9. The molecule has 0 aliphatic heterocycles. The van der Waals surface area contributed by atoms with Crippen LogP contribution in [0, 0.1) is 0 Å². The van der Waals surface area contributed by atoms with E-state index in [9.17, 15) is 22.9 Å². The Hall–Kier alpha value is 0.400. The molecule has 0 unspecified atom stereocenters. The molecule has 0 bridgehead atoms. The molecule has 0 atom stereocenters. The summed E-state index contributed by atoms with van der Waals surface area (Å²) in [4.78, 5) is 12.7. The van der Waals surface area contributed by atoms with Crippen LogP contribution in [0.25, 0.3) is 0 Å². The van der Waals surface area contributed by atoms with Gasteiger partial charge < -0.3 is 14.8 Å². The van der Waals surface area contributed by atoms with Crippen LogP contribution in [0.2, 0.25) is 0 Å². The molecule has 0 radical (unpaired) electrons. The van der Waals surface area contributed by atoms with Crippen molar-refractivity contribution in [2.45, 2.75) is 19.4 Å². The Labute approximate surface area is 187 Å². The largest absolute Gasteiger partial charge is 1.00 e. The first kappa shape index (κ1) is 35.5. The van der Waals surface area contributed by atoms with E-state index in [0.717, 1.165) is 12.2 Å². The number of rotatable bonds is 5. The van der Waals surface area contributed by atoms with Crippen molar-refractivity contribution in [3.05, 3.63) is 25.3 Å². The molecule has 0 spiro atoms. The maximum Gasteiger partial charge on any atom is 1.00 e. The summed E-state index contributed by atoms with van der Waals surface area (Å²) in [7, 11) is -4.37. The number of aliphatic carboxylic acids is 1. The first-order valence-electron chi connectivity index (χ1n) is 5.15. The third kappa shape index (κ3) is 43.3. The van der Waals surface area contributed by atoms with E-state index in [0.29, 0.717) is 0 Å². The summed E-state index contributed by atoms with van der Waals surface area (Å²) in [6, 6.07) is 0. The van der Waals surface area contributed by atoms with Gasteiger partial charge in [-0.05, 0) is 19.7 Å². The average Bonchev–Trinajstić information content (AvgIpc) is 2.24. The minimum Gasteiger partial charge on any atom is -0.859 e. The standard InChI is InChI=1S/C7H13NO4S.C3H4O2.2Na.H2O3S/c1-4-6(9)8-7(2,3)5-13(10,11)12;1-2-3(4)5;;;1-4(2)3/h4H,1,5H2,2-3H3,(H,8,9)(H,10,11,12);2H,1H2,(H,4,5);;;(H2,1,2,3)/q;;2*+1;/p-2. The second-order valence-electron chi connectivity index (χ2n) is 3.94. The molecular weight excluding hydrogens is 388 g/mol. The van der Waals surface area contributed by atoms with Crippen molar-refractivity contribution in [1.82, 2.24) is 0 Å². The van der Waals surface area contributed by atoms with Gasteiger partial charge in [-0.3, -0.25) is 14.1 Å². The summed E-state index contributed by atoms with van der Waals surface area (Å²) in [5, 5.41) is 18.3. The van der Waals surface area contributed by atoms with Gasteiger partial charge in [-0.1, -0.05) is 19.2 Å². The van der Waals surface area contributed by atoms with Crippen LogP contribution < -0.4 is 64.2 Å². The van der Waals surface area contributed by atoms with Crippen molar-refractivity contribution >= 4 is 33.3 Å². The molecule has 0 aromatic carbocycles. The van der Waals surface area contributed by atoms with E-state index in [1.807, 2.05) is 0 Å². The summed E-state index contributed by atoms with van der Waals surface area (Å²) in [5.74, 6) is -2.31. The average molecular weight is 405 g/mol. The maximum absolute atomic E-state index is 10.7. The van der Waals surface area contributed by atoms with Crippen molar-refractivity contribution in [2.24, 2.45) is 4.99 Å². The van der Waals surface area contributed by atoms with Crippen molar-refractivity contribution in [1.29, 1.82) is 0 Å². The molecule has 0 saturated heterocycles. The maximum atomic E-state index is 10.7. The Morgan fingerprint density at radius 1 is 1.25 bits per heavy atom. The van der Waals surface area contributed by atoms with Gasteiger partial charge in [0.1, 0.15) is 0 Å². The number of aliphatic imine (C=N–C) groups is 1. The fourth-order valence-electron chi connectivity index (χ4n) is 0.809. The summed E-state index contributed by atoms with van der Waals surface area (Å²) in [6.45, 7) is 8.92. The van der Waals surface area contributed by atoms with Crippen LogP contribution in [0.4, 0.5) is 0 Å². The second kappa shape index (κ2) is 18.2. The summed E-state index contributed by atoms with van der Waals surface area (Å²) >= 11 is -2.61. The second-order valence-corrected chi connectivity index (χ2v) is 5.81. The Kier molecular flexibility index (Phi) is 26.9. The number of carboxylic acids is 1. The molecule has 10 nitrogen and oxygen atoms in total. The van der Waals surface area contributed by atoms with E-state index in [1.165, 1.54) is 13.8 Å². The van der Waals surface area contributed by atoms with Crippen LogP contribution in [-0.4, -0.2) is 54.6 Å². The number of carbonyl (C=O) groups is 1. The quantitative estimate of drug-likeness (QED) is 0.0997. The van der Waals surface area contributed by atoms with Gasteiger partial charge in [-0.25, -0.2) is 13.2 Å². The molecule has 24 heavy (non-hydrogen) atoms.